The molecular formula is C25H26ClN7O4S. The van der Waals surface area contributed by atoms with Crippen molar-refractivity contribution in [1.29, 1.82) is 0 Å². The summed E-state index contributed by atoms with van der Waals surface area (Å²) in [6.45, 7) is 4.24. The van der Waals surface area contributed by atoms with Crippen molar-refractivity contribution in [2.45, 2.75) is 31.3 Å². The summed E-state index contributed by atoms with van der Waals surface area (Å²) in [5, 5.41) is 15.9. The average molecular weight is 556 g/mol. The predicted molar refractivity (Wildman–Crippen MR) is 144 cm³/mol. The van der Waals surface area contributed by atoms with Gasteiger partial charge in [0.15, 0.2) is 0 Å². The summed E-state index contributed by atoms with van der Waals surface area (Å²) in [4.78, 5) is 21.5. The molecule has 2 aromatic heterocycles. The van der Waals surface area contributed by atoms with Gasteiger partial charge in [-0.3, -0.25) is 9.48 Å². The van der Waals surface area contributed by atoms with Crippen molar-refractivity contribution in [2.75, 3.05) is 12.4 Å². The Labute approximate surface area is 225 Å². The van der Waals surface area contributed by atoms with Gasteiger partial charge in [-0.05, 0) is 55.8 Å². The molecule has 0 aliphatic carbocycles. The first-order valence-corrected chi connectivity index (χ1v) is 13.4. The Morgan fingerprint density at radius 3 is 2.53 bits per heavy atom. The van der Waals surface area contributed by atoms with Crippen LogP contribution in [-0.2, 0) is 16.6 Å². The lowest BCUT2D eigenvalue weighted by atomic mass is 10.1. The summed E-state index contributed by atoms with van der Waals surface area (Å²) >= 11 is 6.33. The number of halogens is 1. The Balaban J connectivity index is 1.47. The van der Waals surface area contributed by atoms with Crippen molar-refractivity contribution in [3.8, 4) is 17.1 Å². The topological polar surface area (TPSA) is 154 Å². The van der Waals surface area contributed by atoms with Crippen LogP contribution in [0.5, 0.6) is 5.75 Å². The van der Waals surface area contributed by atoms with Crippen LogP contribution in [0.2, 0.25) is 5.02 Å². The van der Waals surface area contributed by atoms with Gasteiger partial charge in [-0.15, -0.1) is 0 Å². The van der Waals surface area contributed by atoms with E-state index in [4.69, 9.17) is 21.5 Å². The number of methoxy groups -OCH3 is 1. The Morgan fingerprint density at radius 1 is 1.16 bits per heavy atom. The lowest BCUT2D eigenvalue weighted by Crippen LogP contribution is -2.23. The Bertz CT molecular complexity index is 1570. The summed E-state index contributed by atoms with van der Waals surface area (Å²) in [5.41, 5.74) is 2.72. The Morgan fingerprint density at radius 2 is 1.89 bits per heavy atom. The highest BCUT2D eigenvalue weighted by Gasteiger charge is 2.15. The zero-order chi connectivity index (χ0) is 27.4. The van der Waals surface area contributed by atoms with Crippen LogP contribution >= 0.6 is 11.6 Å². The van der Waals surface area contributed by atoms with Crippen LogP contribution in [0.25, 0.3) is 11.4 Å². The maximum Gasteiger partial charge on any atom is 0.251 e. The van der Waals surface area contributed by atoms with Crippen molar-refractivity contribution in [3.05, 3.63) is 77.1 Å². The van der Waals surface area contributed by atoms with E-state index in [0.717, 1.165) is 0 Å². The SMILES string of the molecule is COc1cc(C(=O)NCc2ccc(S(N)(=O)=O)cc2)ccc1Nc1ncc(Cl)c(-c2ccn(C(C)C)n2)n1. The number of hydrogen-bond acceptors (Lipinski definition) is 8. The van der Waals surface area contributed by atoms with Crippen molar-refractivity contribution < 1.29 is 17.9 Å². The predicted octanol–water partition coefficient (Wildman–Crippen LogP) is 3.90. The number of nitrogens with zero attached hydrogens (tertiary/aromatic N) is 4. The van der Waals surface area contributed by atoms with Gasteiger partial charge in [0.05, 0.1) is 28.9 Å². The van der Waals surface area contributed by atoms with Gasteiger partial charge < -0.3 is 15.4 Å². The summed E-state index contributed by atoms with van der Waals surface area (Å²) in [6.07, 6.45) is 3.35. The molecule has 11 nitrogen and oxygen atoms in total. The van der Waals surface area contributed by atoms with Crippen molar-refractivity contribution in [1.82, 2.24) is 25.1 Å². The first-order chi connectivity index (χ1) is 18.0. The second kappa shape index (κ2) is 11.2. The number of primary sulfonamides is 1. The van der Waals surface area contributed by atoms with Crippen LogP contribution in [0.4, 0.5) is 11.6 Å². The molecule has 0 unspecified atom stereocenters. The van der Waals surface area contributed by atoms with Crippen LogP contribution in [-0.4, -0.2) is 41.2 Å². The van der Waals surface area contributed by atoms with E-state index in [9.17, 15) is 13.2 Å². The summed E-state index contributed by atoms with van der Waals surface area (Å²) in [5.74, 6) is 0.345. The normalized spacial score (nSPS) is 11.4. The second-order valence-electron chi connectivity index (χ2n) is 8.58. The van der Waals surface area contributed by atoms with Gasteiger partial charge in [0.1, 0.15) is 17.1 Å². The number of benzene rings is 2. The van der Waals surface area contributed by atoms with Crippen LogP contribution < -0.4 is 20.5 Å². The Kier molecular flexibility index (Phi) is 7.95. The molecule has 13 heteroatoms. The number of rotatable bonds is 9. The van der Waals surface area contributed by atoms with E-state index >= 15 is 0 Å². The van der Waals surface area contributed by atoms with Gasteiger partial charge in [0, 0.05) is 24.3 Å². The summed E-state index contributed by atoms with van der Waals surface area (Å²) in [7, 11) is -2.29. The van der Waals surface area contributed by atoms with Gasteiger partial charge in [0.25, 0.3) is 5.91 Å². The minimum Gasteiger partial charge on any atom is -0.495 e. The molecule has 0 saturated heterocycles. The number of hydrogen-bond donors (Lipinski definition) is 3. The molecule has 0 aliphatic heterocycles. The Hall–Kier alpha value is -4.00. The first kappa shape index (κ1) is 27.0. The third kappa shape index (κ3) is 6.28. The fraction of sp³-hybridized carbons (Fsp3) is 0.200. The van der Waals surface area contributed by atoms with Crippen LogP contribution in [0.1, 0.15) is 35.8 Å². The zero-order valence-corrected chi connectivity index (χ0v) is 22.4. The molecule has 2 aromatic carbocycles. The fourth-order valence-corrected chi connectivity index (χ4v) is 4.20. The number of nitrogens with two attached hydrogens (primary N) is 1. The van der Waals surface area contributed by atoms with Crippen molar-refractivity contribution in [2.24, 2.45) is 5.14 Å². The third-order valence-electron chi connectivity index (χ3n) is 5.54. The molecule has 38 heavy (non-hydrogen) atoms. The molecule has 0 saturated carbocycles. The van der Waals surface area contributed by atoms with E-state index in [2.05, 4.69) is 25.7 Å². The number of sulfonamides is 1. The van der Waals surface area contributed by atoms with E-state index in [1.807, 2.05) is 30.8 Å². The number of nitrogens with one attached hydrogen (secondary N) is 2. The van der Waals surface area contributed by atoms with Gasteiger partial charge in [-0.1, -0.05) is 23.7 Å². The van der Waals surface area contributed by atoms with Gasteiger partial charge >= 0.3 is 0 Å². The second-order valence-corrected chi connectivity index (χ2v) is 10.5. The molecule has 4 N–H and O–H groups in total. The molecule has 0 bridgehead atoms. The quantitative estimate of drug-likeness (QED) is 0.281. The average Bonchev–Trinajstić information content (AvgIpc) is 3.39. The molecule has 4 aromatic rings. The number of carbonyl (C=O) groups excluding carboxylic acids is 1. The van der Waals surface area contributed by atoms with Crippen molar-refractivity contribution in [3.63, 3.8) is 0 Å². The maximum atomic E-state index is 12.7. The number of ether oxygens (including phenoxy) is 1. The highest BCUT2D eigenvalue weighted by molar-refractivity contribution is 7.89. The molecule has 0 fully saturated rings. The van der Waals surface area contributed by atoms with Crippen LogP contribution in [0, 0.1) is 0 Å². The van der Waals surface area contributed by atoms with E-state index < -0.39 is 10.0 Å². The van der Waals surface area contributed by atoms with Crippen molar-refractivity contribution >= 4 is 39.2 Å². The van der Waals surface area contributed by atoms with Gasteiger partial charge in [-0.25, -0.2) is 23.5 Å². The number of anilines is 2. The summed E-state index contributed by atoms with van der Waals surface area (Å²) in [6, 6.07) is 12.9. The maximum absolute atomic E-state index is 12.7. The minimum atomic E-state index is -3.78. The van der Waals surface area contributed by atoms with Gasteiger partial charge in [-0.2, -0.15) is 5.10 Å². The number of aromatic nitrogens is 4. The molecule has 0 atom stereocenters. The third-order valence-corrected chi connectivity index (χ3v) is 6.75. The van der Waals surface area contributed by atoms with Crippen LogP contribution in [0.3, 0.4) is 0 Å². The van der Waals surface area contributed by atoms with Crippen LogP contribution in [0.15, 0.2) is 65.8 Å². The molecule has 198 valence electrons. The largest absolute Gasteiger partial charge is 0.495 e. The van der Waals surface area contributed by atoms with Gasteiger partial charge in [0.2, 0.25) is 16.0 Å². The molecule has 1 amide bonds. The lowest BCUT2D eigenvalue weighted by molar-refractivity contribution is 0.0950. The zero-order valence-electron chi connectivity index (χ0n) is 20.8. The molecule has 0 spiro atoms. The smallest absolute Gasteiger partial charge is 0.251 e. The lowest BCUT2D eigenvalue weighted by Gasteiger charge is -2.13. The highest BCUT2D eigenvalue weighted by atomic mass is 35.5. The molecule has 2 heterocycles. The number of carbonyl (C=O) groups is 1. The van der Waals surface area contributed by atoms with E-state index in [1.54, 1.807) is 30.3 Å². The molecule has 0 aliphatic rings. The van der Waals surface area contributed by atoms with E-state index in [-0.39, 0.29) is 29.3 Å². The monoisotopic (exact) mass is 555 g/mol. The number of amides is 1. The molecule has 0 radical (unpaired) electrons. The summed E-state index contributed by atoms with van der Waals surface area (Å²) < 4.78 is 30.1. The van der Waals surface area contributed by atoms with E-state index in [1.165, 1.54) is 25.4 Å². The minimum absolute atomic E-state index is 0.00224. The molecule has 4 rings (SSSR count). The fourth-order valence-electron chi connectivity index (χ4n) is 3.50. The first-order valence-electron chi connectivity index (χ1n) is 11.5. The molecular weight excluding hydrogens is 530 g/mol. The van der Waals surface area contributed by atoms with E-state index in [0.29, 0.717) is 39.0 Å². The highest BCUT2D eigenvalue weighted by Crippen LogP contribution is 2.30. The standard InChI is InChI=1S/C25H26ClN7O4S/c1-15(2)33-11-10-21(32-33)23-19(26)14-29-25(31-23)30-20-9-6-17(12-22(20)37-3)24(34)28-13-16-4-7-18(8-5-16)38(27,35)36/h4-12,14-15H,13H2,1-3H3,(H,28,34)(H2,27,35,36)(H,29,30,31).